The predicted octanol–water partition coefficient (Wildman–Crippen LogP) is 1.79. The van der Waals surface area contributed by atoms with Gasteiger partial charge in [0, 0.05) is 19.6 Å². The molecule has 0 aliphatic carbocycles. The van der Waals surface area contributed by atoms with Crippen LogP contribution in [0.4, 0.5) is 0 Å². The lowest BCUT2D eigenvalue weighted by Crippen LogP contribution is -2.39. The number of thioether (sulfide) groups is 1. The van der Waals surface area contributed by atoms with Crippen LogP contribution in [0.15, 0.2) is 34.2 Å². The van der Waals surface area contributed by atoms with Crippen LogP contribution in [0.1, 0.15) is 20.3 Å². The third kappa shape index (κ3) is 4.57. The zero-order valence-corrected chi connectivity index (χ0v) is 17.9. The van der Waals surface area contributed by atoms with Crippen molar-refractivity contribution in [2.75, 3.05) is 24.3 Å². The fourth-order valence-electron chi connectivity index (χ4n) is 3.30. The summed E-state index contributed by atoms with van der Waals surface area (Å²) >= 11 is 1.22. The second-order valence-electron chi connectivity index (χ2n) is 7.57. The first-order chi connectivity index (χ1) is 13.2. The third-order valence-corrected chi connectivity index (χ3v) is 7.56. The molecule has 0 N–H and O–H groups in total. The van der Waals surface area contributed by atoms with Crippen LogP contribution in [0.25, 0.3) is 10.9 Å². The summed E-state index contributed by atoms with van der Waals surface area (Å²) in [6.45, 7) is 4.56. The molecule has 0 bridgehead atoms. The minimum absolute atomic E-state index is 0.0200. The lowest BCUT2D eigenvalue weighted by Gasteiger charge is -2.23. The average molecular weight is 424 g/mol. The molecular weight excluding hydrogens is 398 g/mol. The number of hydrogen-bond donors (Lipinski definition) is 0. The van der Waals surface area contributed by atoms with E-state index in [1.54, 1.807) is 23.7 Å². The Bertz CT molecular complexity index is 1050. The Morgan fingerprint density at radius 1 is 1.36 bits per heavy atom. The van der Waals surface area contributed by atoms with Crippen LogP contribution in [-0.2, 0) is 21.2 Å². The number of nitrogens with zero attached hydrogens (tertiary/aromatic N) is 3. The lowest BCUT2D eigenvalue weighted by molar-refractivity contribution is -0.128. The molecule has 7 nitrogen and oxygen atoms in total. The van der Waals surface area contributed by atoms with E-state index in [4.69, 9.17) is 0 Å². The van der Waals surface area contributed by atoms with Crippen LogP contribution in [-0.4, -0.2) is 59.1 Å². The molecule has 1 unspecified atom stereocenters. The molecule has 28 heavy (non-hydrogen) atoms. The van der Waals surface area contributed by atoms with Gasteiger partial charge in [0.25, 0.3) is 5.56 Å². The van der Waals surface area contributed by atoms with Crippen LogP contribution in [0.3, 0.4) is 0 Å². The molecule has 1 amide bonds. The molecule has 1 saturated heterocycles. The largest absolute Gasteiger partial charge is 0.341 e. The molecule has 1 aromatic carbocycles. The van der Waals surface area contributed by atoms with Crippen molar-refractivity contribution in [2.24, 2.45) is 5.92 Å². The highest BCUT2D eigenvalue weighted by Gasteiger charge is 2.32. The highest BCUT2D eigenvalue weighted by Crippen LogP contribution is 2.21. The summed E-state index contributed by atoms with van der Waals surface area (Å²) in [5.74, 6) is 0.345. The molecule has 1 aliphatic rings. The summed E-state index contributed by atoms with van der Waals surface area (Å²) in [6, 6.07) is 6.91. The molecule has 0 spiro atoms. The van der Waals surface area contributed by atoms with Gasteiger partial charge >= 0.3 is 0 Å². The van der Waals surface area contributed by atoms with E-state index in [2.05, 4.69) is 4.98 Å². The minimum atomic E-state index is -3.05. The molecule has 1 aliphatic heterocycles. The predicted molar refractivity (Wildman–Crippen MR) is 111 cm³/mol. The van der Waals surface area contributed by atoms with Gasteiger partial charge in [-0.25, -0.2) is 13.4 Å². The Kier molecular flexibility index (Phi) is 6.14. The zero-order chi connectivity index (χ0) is 20.5. The zero-order valence-electron chi connectivity index (χ0n) is 16.3. The van der Waals surface area contributed by atoms with E-state index in [-0.39, 0.29) is 40.7 Å². The van der Waals surface area contributed by atoms with Gasteiger partial charge in [-0.05, 0) is 24.5 Å². The van der Waals surface area contributed by atoms with Crippen LogP contribution in [0.2, 0.25) is 0 Å². The Labute approximate surface area is 169 Å². The number of carbonyl (C=O) groups is 1. The van der Waals surface area contributed by atoms with Gasteiger partial charge in [0.05, 0.1) is 28.2 Å². The maximum absolute atomic E-state index is 12.9. The van der Waals surface area contributed by atoms with Gasteiger partial charge in [0.15, 0.2) is 15.0 Å². The molecule has 0 saturated carbocycles. The van der Waals surface area contributed by atoms with Crippen molar-refractivity contribution in [1.29, 1.82) is 0 Å². The van der Waals surface area contributed by atoms with Crippen molar-refractivity contribution in [3.63, 3.8) is 0 Å². The van der Waals surface area contributed by atoms with Gasteiger partial charge < -0.3 is 4.90 Å². The highest BCUT2D eigenvalue weighted by atomic mass is 32.2. The summed E-state index contributed by atoms with van der Waals surface area (Å²) in [5, 5.41) is 1.07. The monoisotopic (exact) mass is 423 g/mol. The van der Waals surface area contributed by atoms with Gasteiger partial charge in [0.2, 0.25) is 5.91 Å². The van der Waals surface area contributed by atoms with Crippen molar-refractivity contribution in [1.82, 2.24) is 14.5 Å². The molecule has 0 radical (unpaired) electrons. The maximum Gasteiger partial charge on any atom is 0.262 e. The number of aromatic nitrogens is 2. The van der Waals surface area contributed by atoms with E-state index in [9.17, 15) is 18.0 Å². The number of fused-ring (bicyclic) bond motifs is 1. The highest BCUT2D eigenvalue weighted by molar-refractivity contribution is 7.99. The minimum Gasteiger partial charge on any atom is -0.341 e. The maximum atomic E-state index is 12.9. The molecule has 152 valence electrons. The van der Waals surface area contributed by atoms with Crippen molar-refractivity contribution in [2.45, 2.75) is 38.0 Å². The first-order valence-corrected chi connectivity index (χ1v) is 12.1. The molecular formula is C19H25N3O4S2. The first-order valence-electron chi connectivity index (χ1n) is 9.26. The van der Waals surface area contributed by atoms with E-state index in [0.29, 0.717) is 29.0 Å². The summed E-state index contributed by atoms with van der Waals surface area (Å²) in [7, 11) is -1.41. The summed E-state index contributed by atoms with van der Waals surface area (Å²) in [5.41, 5.74) is 0.502. The molecule has 2 aromatic rings. The second kappa shape index (κ2) is 8.24. The van der Waals surface area contributed by atoms with Crippen LogP contribution in [0.5, 0.6) is 0 Å². The third-order valence-electron chi connectivity index (χ3n) is 4.85. The number of rotatable bonds is 6. The summed E-state index contributed by atoms with van der Waals surface area (Å²) in [6.07, 6.45) is 0.474. The van der Waals surface area contributed by atoms with E-state index in [0.717, 1.165) is 0 Å². The SMILES string of the molecule is CC(C)Cn1c(SCC(=O)N(C)C2CCS(=O)(=O)C2)nc2ccccc2c1=O. The first kappa shape index (κ1) is 20.9. The standard InChI is InChI=1S/C19H25N3O4S2/c1-13(2)10-22-18(24)15-6-4-5-7-16(15)20-19(22)27-11-17(23)21(3)14-8-9-28(25,26)12-14/h4-7,13-14H,8-12H2,1-3H3. The molecule has 9 heteroatoms. The number of sulfone groups is 1. The van der Waals surface area contributed by atoms with E-state index in [1.165, 1.54) is 16.7 Å². The average Bonchev–Trinajstić information content (AvgIpc) is 3.01. The Morgan fingerprint density at radius 3 is 2.71 bits per heavy atom. The van der Waals surface area contributed by atoms with Crippen LogP contribution in [0, 0.1) is 5.92 Å². The van der Waals surface area contributed by atoms with Gasteiger partial charge in [0.1, 0.15) is 0 Å². The number of amides is 1. The van der Waals surface area contributed by atoms with Crippen molar-refractivity contribution in [3.8, 4) is 0 Å². The Hall–Kier alpha value is -1.87. The molecule has 2 heterocycles. The molecule has 3 rings (SSSR count). The fourth-order valence-corrected chi connectivity index (χ4v) is 6.00. The number of hydrogen-bond acceptors (Lipinski definition) is 6. The topological polar surface area (TPSA) is 89.3 Å². The smallest absolute Gasteiger partial charge is 0.262 e. The van der Waals surface area contributed by atoms with Crippen LogP contribution < -0.4 is 5.56 Å². The van der Waals surface area contributed by atoms with Crippen LogP contribution >= 0.6 is 11.8 Å². The van der Waals surface area contributed by atoms with Crippen molar-refractivity contribution >= 4 is 38.4 Å². The number of carbonyl (C=O) groups excluding carboxylic acids is 1. The Morgan fingerprint density at radius 2 is 2.07 bits per heavy atom. The van der Waals surface area contributed by atoms with E-state index in [1.807, 2.05) is 26.0 Å². The van der Waals surface area contributed by atoms with Crippen molar-refractivity contribution in [3.05, 3.63) is 34.6 Å². The van der Waals surface area contributed by atoms with Gasteiger partial charge in [-0.3, -0.25) is 14.2 Å². The van der Waals surface area contributed by atoms with Crippen molar-refractivity contribution < 1.29 is 13.2 Å². The normalized spacial score (nSPS) is 18.6. The fraction of sp³-hybridized carbons (Fsp3) is 0.526. The number of benzene rings is 1. The summed E-state index contributed by atoms with van der Waals surface area (Å²) < 4.78 is 25.0. The Balaban J connectivity index is 1.81. The van der Waals surface area contributed by atoms with E-state index < -0.39 is 9.84 Å². The van der Waals surface area contributed by atoms with Gasteiger partial charge in [-0.15, -0.1) is 0 Å². The summed E-state index contributed by atoms with van der Waals surface area (Å²) in [4.78, 5) is 31.6. The lowest BCUT2D eigenvalue weighted by atomic mass is 10.2. The number of para-hydroxylation sites is 1. The second-order valence-corrected chi connectivity index (χ2v) is 10.7. The van der Waals surface area contributed by atoms with E-state index >= 15 is 0 Å². The molecule has 1 aromatic heterocycles. The molecule has 1 atom stereocenters. The molecule has 1 fully saturated rings. The van der Waals surface area contributed by atoms with Gasteiger partial charge in [-0.1, -0.05) is 37.7 Å². The van der Waals surface area contributed by atoms with Gasteiger partial charge in [-0.2, -0.15) is 0 Å². The quantitative estimate of drug-likeness (QED) is 0.520.